The molecule has 0 aliphatic carbocycles. The third kappa shape index (κ3) is 3.90. The molecule has 172 valence electrons. The van der Waals surface area contributed by atoms with Gasteiger partial charge in [-0.25, -0.2) is 9.97 Å². The standard InChI is InChI=1S/C22H22F3N6OP/c23-22(24,25)17-12-29-21(30-14-5-6-27-10-14)31-18(17)16-11-28-19-15(16)4-3-13(9-26)20(19)33(32)7-1-2-8-33/h3-4,11-12,14,27-28H,1-2,5-8,10H2,(H,29,30,31). The molecule has 1 unspecified atom stereocenters. The summed E-state index contributed by atoms with van der Waals surface area (Å²) in [7, 11) is -2.80. The summed E-state index contributed by atoms with van der Waals surface area (Å²) in [5.74, 6) is 0.124. The number of aromatic nitrogens is 3. The maximum Gasteiger partial charge on any atom is 0.419 e. The molecule has 2 fully saturated rings. The first kappa shape index (κ1) is 21.9. The molecular formula is C22H22F3N6OP. The first-order chi connectivity index (χ1) is 15.8. The second-order valence-electron chi connectivity index (χ2n) is 8.53. The second kappa shape index (κ2) is 8.15. The zero-order chi connectivity index (χ0) is 23.2. The van der Waals surface area contributed by atoms with Gasteiger partial charge in [0.25, 0.3) is 0 Å². The molecule has 0 amide bonds. The Morgan fingerprint density at radius 2 is 2.03 bits per heavy atom. The van der Waals surface area contributed by atoms with Crippen molar-refractivity contribution in [1.29, 1.82) is 5.26 Å². The molecule has 5 rings (SSSR count). The first-order valence-electron chi connectivity index (χ1n) is 10.8. The van der Waals surface area contributed by atoms with Gasteiger partial charge in [-0.2, -0.15) is 18.4 Å². The maximum absolute atomic E-state index is 13.9. The Kier molecular flexibility index (Phi) is 5.42. The summed E-state index contributed by atoms with van der Waals surface area (Å²) in [6.45, 7) is 1.50. The monoisotopic (exact) mass is 474 g/mol. The van der Waals surface area contributed by atoms with Crippen molar-refractivity contribution in [3.05, 3.63) is 35.7 Å². The minimum absolute atomic E-state index is 0.0369. The fourth-order valence-corrected chi connectivity index (χ4v) is 8.08. The summed E-state index contributed by atoms with van der Waals surface area (Å²) >= 11 is 0. The van der Waals surface area contributed by atoms with Gasteiger partial charge >= 0.3 is 6.18 Å². The van der Waals surface area contributed by atoms with Crippen LogP contribution in [0.25, 0.3) is 22.2 Å². The van der Waals surface area contributed by atoms with Crippen molar-refractivity contribution in [2.75, 3.05) is 30.7 Å². The largest absolute Gasteiger partial charge is 0.419 e. The van der Waals surface area contributed by atoms with Crippen molar-refractivity contribution in [3.63, 3.8) is 0 Å². The summed E-state index contributed by atoms with van der Waals surface area (Å²) in [5.41, 5.74) is -0.204. The lowest BCUT2D eigenvalue weighted by Gasteiger charge is -2.16. The van der Waals surface area contributed by atoms with Crippen molar-refractivity contribution >= 4 is 29.3 Å². The number of nitrogens with one attached hydrogen (secondary N) is 3. The van der Waals surface area contributed by atoms with Crippen LogP contribution in [0.3, 0.4) is 0 Å². The van der Waals surface area contributed by atoms with Gasteiger partial charge in [0.15, 0.2) is 0 Å². The van der Waals surface area contributed by atoms with E-state index in [4.69, 9.17) is 0 Å². The van der Waals surface area contributed by atoms with Crippen LogP contribution in [0.2, 0.25) is 0 Å². The fourth-order valence-electron chi connectivity index (χ4n) is 4.79. The minimum atomic E-state index is -4.65. The lowest BCUT2D eigenvalue weighted by molar-refractivity contribution is -0.137. The summed E-state index contributed by atoms with van der Waals surface area (Å²) in [6, 6.07) is 5.29. The van der Waals surface area contributed by atoms with Gasteiger partial charge in [-0.15, -0.1) is 0 Å². The van der Waals surface area contributed by atoms with E-state index in [1.807, 2.05) is 0 Å². The van der Waals surface area contributed by atoms with Crippen LogP contribution in [-0.4, -0.2) is 46.4 Å². The third-order valence-corrected chi connectivity index (χ3v) is 9.75. The van der Waals surface area contributed by atoms with Crippen LogP contribution in [0.5, 0.6) is 0 Å². The molecule has 1 atom stereocenters. The highest BCUT2D eigenvalue weighted by atomic mass is 31.2. The summed E-state index contributed by atoms with van der Waals surface area (Å²) in [4.78, 5) is 11.2. The van der Waals surface area contributed by atoms with Gasteiger partial charge in [-0.3, -0.25) is 0 Å². The van der Waals surface area contributed by atoms with E-state index in [0.29, 0.717) is 40.6 Å². The topological polar surface area (TPSA) is 106 Å². The number of anilines is 1. The fraction of sp³-hybridized carbons (Fsp3) is 0.409. The number of benzene rings is 1. The average Bonchev–Trinajstić information content (AvgIpc) is 3.53. The van der Waals surface area contributed by atoms with E-state index in [1.54, 1.807) is 12.1 Å². The molecule has 3 N–H and O–H groups in total. The first-order valence-corrected chi connectivity index (χ1v) is 12.9. The van der Waals surface area contributed by atoms with Gasteiger partial charge in [-0.1, -0.05) is 6.07 Å². The zero-order valence-corrected chi connectivity index (χ0v) is 18.6. The molecule has 4 heterocycles. The molecule has 0 spiro atoms. The van der Waals surface area contributed by atoms with E-state index in [1.165, 1.54) is 6.20 Å². The van der Waals surface area contributed by atoms with Crippen molar-refractivity contribution in [2.24, 2.45) is 0 Å². The van der Waals surface area contributed by atoms with Crippen LogP contribution < -0.4 is 15.9 Å². The molecule has 33 heavy (non-hydrogen) atoms. The molecule has 1 aromatic carbocycles. The maximum atomic E-state index is 13.9. The normalized spacial score (nSPS) is 20.2. The lowest BCUT2D eigenvalue weighted by Crippen LogP contribution is -2.24. The number of alkyl halides is 3. The van der Waals surface area contributed by atoms with Gasteiger partial charge in [0.1, 0.15) is 12.7 Å². The van der Waals surface area contributed by atoms with E-state index in [9.17, 15) is 23.0 Å². The Morgan fingerprint density at radius 1 is 1.24 bits per heavy atom. The van der Waals surface area contributed by atoms with Crippen molar-refractivity contribution < 1.29 is 17.7 Å². The number of H-pyrrole nitrogens is 1. The zero-order valence-electron chi connectivity index (χ0n) is 17.7. The van der Waals surface area contributed by atoms with Gasteiger partial charge in [0.05, 0.1) is 28.1 Å². The predicted octanol–water partition coefficient (Wildman–Crippen LogP) is 4.07. The number of hydrogen-bond donors (Lipinski definition) is 3. The number of nitrogens with zero attached hydrogens (tertiary/aromatic N) is 3. The van der Waals surface area contributed by atoms with Crippen LogP contribution >= 0.6 is 7.14 Å². The number of aromatic amines is 1. The van der Waals surface area contributed by atoms with Crippen LogP contribution in [0.15, 0.2) is 24.5 Å². The van der Waals surface area contributed by atoms with Gasteiger partial charge in [0.2, 0.25) is 5.95 Å². The van der Waals surface area contributed by atoms with E-state index >= 15 is 0 Å². The number of nitriles is 1. The minimum Gasteiger partial charge on any atom is -0.360 e. The molecule has 0 radical (unpaired) electrons. The molecule has 2 saturated heterocycles. The van der Waals surface area contributed by atoms with E-state index < -0.39 is 18.9 Å². The quantitative estimate of drug-likeness (QED) is 0.493. The number of rotatable bonds is 4. The smallest absolute Gasteiger partial charge is 0.360 e. The Labute approximate surface area is 188 Å². The molecule has 2 aliphatic heterocycles. The van der Waals surface area contributed by atoms with Crippen LogP contribution in [0.4, 0.5) is 19.1 Å². The Balaban J connectivity index is 1.69. The molecule has 2 aromatic heterocycles. The second-order valence-corrected chi connectivity index (χ2v) is 11.7. The summed E-state index contributed by atoms with van der Waals surface area (Å²) < 4.78 is 55.3. The van der Waals surface area contributed by atoms with E-state index in [-0.39, 0.29) is 23.2 Å². The van der Waals surface area contributed by atoms with Gasteiger partial charge in [0, 0.05) is 48.3 Å². The van der Waals surface area contributed by atoms with Crippen LogP contribution in [-0.2, 0) is 10.7 Å². The van der Waals surface area contributed by atoms with Gasteiger partial charge in [-0.05, 0) is 31.9 Å². The van der Waals surface area contributed by atoms with Crippen LogP contribution in [0, 0.1) is 11.3 Å². The molecular weight excluding hydrogens is 452 g/mol. The summed E-state index contributed by atoms with van der Waals surface area (Å²) in [6.07, 6.45) is 1.04. The highest BCUT2D eigenvalue weighted by Crippen LogP contribution is 2.53. The van der Waals surface area contributed by atoms with E-state index in [2.05, 4.69) is 31.7 Å². The SMILES string of the molecule is N#Cc1ccc2c(-c3nc(NC4CCNC4)ncc3C(F)(F)F)c[nH]c2c1P1(=O)CCCC1. The molecule has 2 aliphatic rings. The highest BCUT2D eigenvalue weighted by Gasteiger charge is 2.38. The average molecular weight is 474 g/mol. The van der Waals surface area contributed by atoms with Crippen LogP contribution in [0.1, 0.15) is 30.4 Å². The molecule has 0 bridgehead atoms. The van der Waals surface area contributed by atoms with Crippen molar-refractivity contribution in [3.8, 4) is 17.3 Å². The predicted molar refractivity (Wildman–Crippen MR) is 120 cm³/mol. The molecule has 0 saturated carbocycles. The van der Waals surface area contributed by atoms with Crippen molar-refractivity contribution in [1.82, 2.24) is 20.3 Å². The molecule has 7 nitrogen and oxygen atoms in total. The lowest BCUT2D eigenvalue weighted by atomic mass is 10.0. The molecule has 3 aromatic rings. The number of hydrogen-bond acceptors (Lipinski definition) is 6. The Hall–Kier alpha value is -2.89. The highest BCUT2D eigenvalue weighted by molar-refractivity contribution is 7.72. The van der Waals surface area contributed by atoms with Crippen molar-refractivity contribution in [2.45, 2.75) is 31.5 Å². The number of halogens is 3. The Morgan fingerprint density at radius 3 is 2.70 bits per heavy atom. The number of fused-ring (bicyclic) bond motifs is 1. The van der Waals surface area contributed by atoms with Gasteiger partial charge < -0.3 is 20.2 Å². The van der Waals surface area contributed by atoms with E-state index in [0.717, 1.165) is 32.0 Å². The molecule has 11 heteroatoms. The Bertz CT molecular complexity index is 1300. The summed E-state index contributed by atoms with van der Waals surface area (Å²) in [5, 5.41) is 16.8. The third-order valence-electron chi connectivity index (χ3n) is 6.39.